The van der Waals surface area contributed by atoms with Crippen molar-refractivity contribution in [1.29, 1.82) is 0 Å². The van der Waals surface area contributed by atoms with Crippen molar-refractivity contribution >= 4 is 5.91 Å². The summed E-state index contributed by atoms with van der Waals surface area (Å²) in [4.78, 5) is 11.9. The van der Waals surface area contributed by atoms with Crippen LogP contribution in [0, 0.1) is 17.5 Å². The minimum Gasteiger partial charge on any atom is -0.488 e. The zero-order valence-corrected chi connectivity index (χ0v) is 11.4. The number of carbonyl (C=O) groups is 1. The molecule has 2 aromatic rings. The van der Waals surface area contributed by atoms with Gasteiger partial charge < -0.3 is 10.1 Å². The van der Waals surface area contributed by atoms with Crippen LogP contribution in [-0.2, 0) is 6.42 Å². The Hall–Kier alpha value is -2.50. The molecule has 0 bridgehead atoms. The summed E-state index contributed by atoms with van der Waals surface area (Å²) in [5, 5.41) is 2.43. The number of hydrogen-bond donors (Lipinski definition) is 1. The normalized spacial score (nSPS) is 16.0. The average molecular weight is 307 g/mol. The highest BCUT2D eigenvalue weighted by Crippen LogP contribution is 2.29. The molecule has 1 aliphatic heterocycles. The van der Waals surface area contributed by atoms with Gasteiger partial charge >= 0.3 is 0 Å². The Morgan fingerprint density at radius 1 is 1.18 bits per heavy atom. The summed E-state index contributed by atoms with van der Waals surface area (Å²) in [7, 11) is 0. The first-order valence-electron chi connectivity index (χ1n) is 6.72. The van der Waals surface area contributed by atoms with Gasteiger partial charge in [0.15, 0.2) is 0 Å². The number of ether oxygens (including phenoxy) is 1. The van der Waals surface area contributed by atoms with E-state index in [0.29, 0.717) is 17.7 Å². The van der Waals surface area contributed by atoms with E-state index in [0.717, 1.165) is 12.1 Å². The molecule has 0 fully saturated rings. The largest absolute Gasteiger partial charge is 0.488 e. The average Bonchev–Trinajstić information content (AvgIpc) is 2.87. The summed E-state index contributed by atoms with van der Waals surface area (Å²) in [6.07, 6.45) is 0.0308. The Labute approximate surface area is 124 Å². The van der Waals surface area contributed by atoms with Crippen LogP contribution in [0.5, 0.6) is 5.75 Å². The lowest BCUT2D eigenvalue weighted by atomic mass is 10.1. The maximum atomic E-state index is 13.5. The summed E-state index contributed by atoms with van der Waals surface area (Å²) >= 11 is 0. The molecular formula is C16H12F3NO2. The van der Waals surface area contributed by atoms with E-state index in [1.54, 1.807) is 0 Å². The van der Waals surface area contributed by atoms with Gasteiger partial charge in [-0.2, -0.15) is 0 Å². The van der Waals surface area contributed by atoms with Crippen LogP contribution in [0.25, 0.3) is 0 Å². The van der Waals surface area contributed by atoms with Crippen molar-refractivity contribution in [2.24, 2.45) is 0 Å². The molecule has 114 valence electrons. The predicted octanol–water partition coefficient (Wildman–Crippen LogP) is 2.84. The second kappa shape index (κ2) is 5.71. The van der Waals surface area contributed by atoms with Crippen LogP contribution in [0.1, 0.15) is 15.9 Å². The highest BCUT2D eigenvalue weighted by molar-refractivity contribution is 5.94. The molecule has 0 aromatic heterocycles. The number of carbonyl (C=O) groups excluding carboxylic acids is 1. The van der Waals surface area contributed by atoms with Gasteiger partial charge in [0.2, 0.25) is 0 Å². The number of fused-ring (bicyclic) bond motifs is 1. The van der Waals surface area contributed by atoms with E-state index in [1.807, 2.05) is 0 Å². The van der Waals surface area contributed by atoms with Gasteiger partial charge in [0.1, 0.15) is 34.9 Å². The van der Waals surface area contributed by atoms with E-state index in [9.17, 15) is 18.0 Å². The van der Waals surface area contributed by atoms with Crippen molar-refractivity contribution in [3.8, 4) is 5.75 Å². The first-order valence-corrected chi connectivity index (χ1v) is 6.72. The molecule has 0 saturated heterocycles. The van der Waals surface area contributed by atoms with Crippen LogP contribution < -0.4 is 10.1 Å². The van der Waals surface area contributed by atoms with E-state index < -0.39 is 29.2 Å². The lowest BCUT2D eigenvalue weighted by Crippen LogP contribution is -2.35. The summed E-state index contributed by atoms with van der Waals surface area (Å²) in [5.74, 6) is -2.50. The Kier molecular flexibility index (Phi) is 3.75. The third-order valence-corrected chi connectivity index (χ3v) is 3.44. The Balaban J connectivity index is 1.64. The predicted molar refractivity (Wildman–Crippen MR) is 73.2 cm³/mol. The molecule has 1 amide bonds. The first kappa shape index (κ1) is 14.4. The number of amides is 1. The number of nitrogens with one attached hydrogen (secondary N) is 1. The van der Waals surface area contributed by atoms with Crippen LogP contribution in [0.4, 0.5) is 13.2 Å². The molecule has 6 heteroatoms. The number of halogens is 3. The van der Waals surface area contributed by atoms with Gasteiger partial charge in [0, 0.05) is 12.0 Å². The molecule has 1 N–H and O–H groups in total. The maximum Gasteiger partial charge on any atom is 0.257 e. The maximum absolute atomic E-state index is 13.5. The fourth-order valence-corrected chi connectivity index (χ4v) is 2.41. The van der Waals surface area contributed by atoms with Crippen molar-refractivity contribution < 1.29 is 22.7 Å². The van der Waals surface area contributed by atoms with E-state index in [4.69, 9.17) is 4.74 Å². The lowest BCUT2D eigenvalue weighted by molar-refractivity contribution is 0.0925. The zero-order chi connectivity index (χ0) is 15.7. The third kappa shape index (κ3) is 2.77. The van der Waals surface area contributed by atoms with Gasteiger partial charge in [0.05, 0.1) is 6.54 Å². The minimum absolute atomic E-state index is 0.0723. The molecular weight excluding hydrogens is 295 g/mol. The summed E-state index contributed by atoms with van der Waals surface area (Å²) in [6.45, 7) is 0.0723. The molecule has 3 nitrogen and oxygen atoms in total. The van der Waals surface area contributed by atoms with Crippen molar-refractivity contribution in [1.82, 2.24) is 5.32 Å². The molecule has 0 saturated carbocycles. The monoisotopic (exact) mass is 307 g/mol. The number of rotatable bonds is 3. The van der Waals surface area contributed by atoms with Gasteiger partial charge in [-0.1, -0.05) is 6.07 Å². The molecule has 22 heavy (non-hydrogen) atoms. The Morgan fingerprint density at radius 3 is 2.64 bits per heavy atom. The molecule has 3 rings (SSSR count). The second-order valence-electron chi connectivity index (χ2n) is 5.00. The fourth-order valence-electron chi connectivity index (χ4n) is 2.41. The van der Waals surface area contributed by atoms with E-state index in [1.165, 1.54) is 24.3 Å². The van der Waals surface area contributed by atoms with Gasteiger partial charge in [-0.25, -0.2) is 13.2 Å². The topological polar surface area (TPSA) is 38.3 Å². The van der Waals surface area contributed by atoms with Gasteiger partial charge in [-0.15, -0.1) is 0 Å². The van der Waals surface area contributed by atoms with Crippen LogP contribution in [0.3, 0.4) is 0 Å². The van der Waals surface area contributed by atoms with E-state index in [-0.39, 0.29) is 12.4 Å². The molecule has 1 heterocycles. The lowest BCUT2D eigenvalue weighted by Gasteiger charge is -2.12. The Bertz CT molecular complexity index is 713. The highest BCUT2D eigenvalue weighted by atomic mass is 19.1. The summed E-state index contributed by atoms with van der Waals surface area (Å²) in [6, 6.07) is 7.39. The van der Waals surface area contributed by atoms with Gasteiger partial charge in [-0.05, 0) is 30.3 Å². The molecule has 0 aliphatic carbocycles. The number of hydrogen-bond acceptors (Lipinski definition) is 2. The molecule has 1 atom stereocenters. The molecule has 0 spiro atoms. The quantitative estimate of drug-likeness (QED) is 0.947. The summed E-state index contributed by atoms with van der Waals surface area (Å²) in [5.41, 5.74) is 0.0837. The standard InChI is InChI=1S/C16H12F3NO2/c17-10-4-5-14-9(6-10)7-11(22-14)8-20-16(21)15-12(18)2-1-3-13(15)19/h1-6,11H,7-8H2,(H,20,21)/t11-/m1/s1. The Morgan fingerprint density at radius 2 is 1.91 bits per heavy atom. The highest BCUT2D eigenvalue weighted by Gasteiger charge is 2.25. The molecule has 2 aromatic carbocycles. The smallest absolute Gasteiger partial charge is 0.257 e. The SMILES string of the molecule is O=C(NC[C@H]1Cc2cc(F)ccc2O1)c1c(F)cccc1F. The van der Waals surface area contributed by atoms with Crippen molar-refractivity contribution in [3.05, 3.63) is 65.0 Å². The van der Waals surface area contributed by atoms with Crippen molar-refractivity contribution in [2.45, 2.75) is 12.5 Å². The van der Waals surface area contributed by atoms with Crippen LogP contribution >= 0.6 is 0 Å². The zero-order valence-electron chi connectivity index (χ0n) is 11.4. The van der Waals surface area contributed by atoms with Gasteiger partial charge in [0.25, 0.3) is 5.91 Å². The molecule has 0 radical (unpaired) electrons. The number of benzene rings is 2. The van der Waals surface area contributed by atoms with E-state index in [2.05, 4.69) is 5.32 Å². The van der Waals surface area contributed by atoms with Gasteiger partial charge in [-0.3, -0.25) is 4.79 Å². The third-order valence-electron chi connectivity index (χ3n) is 3.44. The molecule has 1 aliphatic rings. The van der Waals surface area contributed by atoms with Crippen molar-refractivity contribution in [3.63, 3.8) is 0 Å². The fraction of sp³-hybridized carbons (Fsp3) is 0.188. The minimum atomic E-state index is -0.921. The van der Waals surface area contributed by atoms with Crippen LogP contribution in [0.2, 0.25) is 0 Å². The summed E-state index contributed by atoms with van der Waals surface area (Å²) < 4.78 is 45.6. The van der Waals surface area contributed by atoms with Crippen molar-refractivity contribution in [2.75, 3.05) is 6.54 Å². The van der Waals surface area contributed by atoms with E-state index >= 15 is 0 Å². The molecule has 0 unspecified atom stereocenters. The van der Waals surface area contributed by atoms with Crippen LogP contribution in [-0.4, -0.2) is 18.6 Å². The first-order chi connectivity index (χ1) is 10.5. The second-order valence-corrected chi connectivity index (χ2v) is 5.00. The van der Waals surface area contributed by atoms with Crippen LogP contribution in [0.15, 0.2) is 36.4 Å².